The Bertz CT molecular complexity index is 386. The molecule has 0 saturated carbocycles. The van der Waals surface area contributed by atoms with Crippen molar-refractivity contribution in [2.75, 3.05) is 7.05 Å². The molecule has 8 nitrogen and oxygen atoms in total. The summed E-state index contributed by atoms with van der Waals surface area (Å²) in [6.45, 7) is 3.59. The number of hydrogen-bond donors (Lipinski definition) is 2. The van der Waals surface area contributed by atoms with Crippen LogP contribution in [0.1, 0.15) is 19.7 Å². The molecule has 0 bridgehead atoms. The molecular formula is C6H14N6O2S. The minimum Gasteiger partial charge on any atom is -0.195 e. The Balaban J connectivity index is 2.58. The highest BCUT2D eigenvalue weighted by molar-refractivity contribution is 7.87. The second-order valence-corrected chi connectivity index (χ2v) is 5.08. The van der Waals surface area contributed by atoms with Crippen molar-refractivity contribution in [1.29, 1.82) is 0 Å². The van der Waals surface area contributed by atoms with E-state index in [1.54, 1.807) is 13.8 Å². The quantitative estimate of drug-likeness (QED) is 0.671. The normalized spacial score (nSPS) is 12.6. The zero-order valence-electron chi connectivity index (χ0n) is 8.80. The predicted molar refractivity (Wildman–Crippen MR) is 52.8 cm³/mol. The Kier molecular flexibility index (Phi) is 3.72. The van der Waals surface area contributed by atoms with E-state index in [1.165, 1.54) is 11.4 Å². The number of hydrogen-bond acceptors (Lipinski definition) is 5. The van der Waals surface area contributed by atoms with Crippen molar-refractivity contribution in [1.82, 2.24) is 29.7 Å². The summed E-state index contributed by atoms with van der Waals surface area (Å²) in [4.78, 5) is 0. The number of tetrazole rings is 1. The first-order chi connectivity index (χ1) is 6.93. The van der Waals surface area contributed by atoms with E-state index in [4.69, 9.17) is 0 Å². The van der Waals surface area contributed by atoms with Gasteiger partial charge in [-0.3, -0.25) is 0 Å². The van der Waals surface area contributed by atoms with Gasteiger partial charge in [0.15, 0.2) is 5.82 Å². The molecule has 1 rings (SSSR count). The van der Waals surface area contributed by atoms with Gasteiger partial charge in [-0.2, -0.15) is 22.7 Å². The maximum absolute atomic E-state index is 11.6. The summed E-state index contributed by atoms with van der Waals surface area (Å²) < 4.78 is 26.8. The van der Waals surface area contributed by atoms with Crippen molar-refractivity contribution >= 4 is 10.2 Å². The lowest BCUT2D eigenvalue weighted by atomic mass is 10.4. The van der Waals surface area contributed by atoms with Gasteiger partial charge in [-0.1, -0.05) is 5.21 Å². The van der Waals surface area contributed by atoms with Gasteiger partial charge < -0.3 is 0 Å². The molecule has 0 spiro atoms. The van der Waals surface area contributed by atoms with Crippen LogP contribution in [0.25, 0.3) is 0 Å². The van der Waals surface area contributed by atoms with Gasteiger partial charge in [0.2, 0.25) is 0 Å². The highest BCUT2D eigenvalue weighted by atomic mass is 32.2. The molecule has 0 aromatic carbocycles. The van der Waals surface area contributed by atoms with E-state index in [0.29, 0.717) is 5.82 Å². The van der Waals surface area contributed by atoms with Gasteiger partial charge in [0.05, 0.1) is 6.54 Å². The lowest BCUT2D eigenvalue weighted by Gasteiger charge is -2.20. The fourth-order valence-electron chi connectivity index (χ4n) is 0.793. The van der Waals surface area contributed by atoms with E-state index in [2.05, 4.69) is 25.3 Å². The van der Waals surface area contributed by atoms with Gasteiger partial charge in [0.25, 0.3) is 10.2 Å². The molecule has 0 fully saturated rings. The second-order valence-electron chi connectivity index (χ2n) is 3.26. The highest BCUT2D eigenvalue weighted by Crippen LogP contribution is 2.00. The molecule has 15 heavy (non-hydrogen) atoms. The first kappa shape index (κ1) is 12.0. The third-order valence-corrected chi connectivity index (χ3v) is 3.60. The maximum atomic E-state index is 11.6. The molecule has 0 atom stereocenters. The minimum atomic E-state index is -3.47. The summed E-state index contributed by atoms with van der Waals surface area (Å²) in [5.41, 5.74) is 0. The van der Waals surface area contributed by atoms with Crippen LogP contribution in [0.4, 0.5) is 0 Å². The Labute approximate surface area is 88.2 Å². The van der Waals surface area contributed by atoms with E-state index in [0.717, 1.165) is 0 Å². The number of aromatic nitrogens is 4. The van der Waals surface area contributed by atoms with Crippen LogP contribution in [0.3, 0.4) is 0 Å². The molecule has 0 unspecified atom stereocenters. The van der Waals surface area contributed by atoms with Gasteiger partial charge in [-0.25, -0.2) is 0 Å². The van der Waals surface area contributed by atoms with Gasteiger partial charge in [-0.15, -0.1) is 10.2 Å². The summed E-state index contributed by atoms with van der Waals surface area (Å²) in [5.74, 6) is 0.302. The van der Waals surface area contributed by atoms with Crippen molar-refractivity contribution in [3.8, 4) is 0 Å². The van der Waals surface area contributed by atoms with Crippen molar-refractivity contribution in [2.45, 2.75) is 26.4 Å². The van der Waals surface area contributed by atoms with E-state index in [9.17, 15) is 8.42 Å². The number of nitrogens with one attached hydrogen (secondary N) is 2. The number of rotatable bonds is 5. The number of aromatic amines is 1. The van der Waals surface area contributed by atoms with E-state index in [-0.39, 0.29) is 12.6 Å². The molecular weight excluding hydrogens is 220 g/mol. The predicted octanol–water partition coefficient (Wildman–Crippen LogP) is -1.13. The van der Waals surface area contributed by atoms with Crippen LogP contribution in [0.2, 0.25) is 0 Å². The van der Waals surface area contributed by atoms with E-state index in [1.807, 2.05) is 0 Å². The molecule has 0 aliphatic rings. The highest BCUT2D eigenvalue weighted by Gasteiger charge is 2.20. The average Bonchev–Trinajstić information content (AvgIpc) is 2.66. The maximum Gasteiger partial charge on any atom is 0.279 e. The number of nitrogens with zero attached hydrogens (tertiary/aromatic N) is 4. The third-order valence-electron chi connectivity index (χ3n) is 1.91. The first-order valence-electron chi connectivity index (χ1n) is 4.38. The molecule has 1 aromatic heterocycles. The lowest BCUT2D eigenvalue weighted by Crippen LogP contribution is -2.41. The molecule has 0 aliphatic heterocycles. The second kappa shape index (κ2) is 4.64. The van der Waals surface area contributed by atoms with Crippen molar-refractivity contribution in [3.63, 3.8) is 0 Å². The summed E-state index contributed by atoms with van der Waals surface area (Å²) in [6.07, 6.45) is 0. The van der Waals surface area contributed by atoms with Crippen LogP contribution < -0.4 is 4.72 Å². The zero-order valence-corrected chi connectivity index (χ0v) is 9.61. The van der Waals surface area contributed by atoms with Crippen LogP contribution >= 0.6 is 0 Å². The zero-order chi connectivity index (χ0) is 11.5. The molecule has 0 amide bonds. The smallest absolute Gasteiger partial charge is 0.195 e. The molecule has 9 heteroatoms. The van der Waals surface area contributed by atoms with Crippen LogP contribution in [-0.4, -0.2) is 46.4 Å². The average molecular weight is 234 g/mol. The molecule has 1 aromatic rings. The van der Waals surface area contributed by atoms with Crippen molar-refractivity contribution in [3.05, 3.63) is 5.82 Å². The summed E-state index contributed by atoms with van der Waals surface area (Å²) in [7, 11) is -1.97. The standard InChI is InChI=1S/C6H14N6O2S/c1-5(2)12(3)15(13,14)7-4-6-8-10-11-9-6/h5,7H,4H2,1-3H3,(H,8,9,10,11). The minimum absolute atomic E-state index is 0.0237. The summed E-state index contributed by atoms with van der Waals surface area (Å²) >= 11 is 0. The van der Waals surface area contributed by atoms with Crippen LogP contribution in [0.5, 0.6) is 0 Å². The Morgan fingerprint density at radius 3 is 2.67 bits per heavy atom. The van der Waals surface area contributed by atoms with Crippen molar-refractivity contribution in [2.24, 2.45) is 0 Å². The van der Waals surface area contributed by atoms with E-state index >= 15 is 0 Å². The Morgan fingerprint density at radius 2 is 2.20 bits per heavy atom. The fraction of sp³-hybridized carbons (Fsp3) is 0.833. The molecule has 0 aliphatic carbocycles. The van der Waals surface area contributed by atoms with Crippen LogP contribution in [-0.2, 0) is 16.8 Å². The molecule has 0 radical (unpaired) electrons. The Hall–Kier alpha value is -1.06. The van der Waals surface area contributed by atoms with Crippen LogP contribution in [0, 0.1) is 0 Å². The largest absolute Gasteiger partial charge is 0.279 e. The van der Waals surface area contributed by atoms with Crippen LogP contribution in [0.15, 0.2) is 0 Å². The molecule has 0 saturated heterocycles. The summed E-state index contributed by atoms with van der Waals surface area (Å²) in [5, 5.41) is 12.8. The van der Waals surface area contributed by atoms with Gasteiger partial charge in [0, 0.05) is 13.1 Å². The van der Waals surface area contributed by atoms with Gasteiger partial charge in [-0.05, 0) is 13.8 Å². The lowest BCUT2D eigenvalue weighted by molar-refractivity contribution is 0.402. The Morgan fingerprint density at radius 1 is 1.53 bits per heavy atom. The van der Waals surface area contributed by atoms with E-state index < -0.39 is 10.2 Å². The number of H-pyrrole nitrogens is 1. The molecule has 86 valence electrons. The van der Waals surface area contributed by atoms with Gasteiger partial charge >= 0.3 is 0 Å². The third kappa shape index (κ3) is 3.22. The summed E-state index contributed by atoms with van der Waals surface area (Å²) in [6, 6.07) is -0.104. The molecule has 1 heterocycles. The topological polar surface area (TPSA) is 104 Å². The van der Waals surface area contributed by atoms with Crippen molar-refractivity contribution < 1.29 is 8.42 Å². The molecule has 2 N–H and O–H groups in total. The SMILES string of the molecule is CC(C)N(C)S(=O)(=O)NCc1nn[nH]n1. The van der Waals surface area contributed by atoms with Gasteiger partial charge in [0.1, 0.15) is 0 Å². The first-order valence-corrected chi connectivity index (χ1v) is 5.82. The fourth-order valence-corrected chi connectivity index (χ4v) is 1.86. The monoisotopic (exact) mass is 234 g/mol.